The lowest BCUT2D eigenvalue weighted by Crippen LogP contribution is -2.40. The molecule has 0 aliphatic carbocycles. The van der Waals surface area contributed by atoms with Crippen LogP contribution >= 0.6 is 0 Å². The molecular weight excluding hydrogens is 418 g/mol. The van der Waals surface area contributed by atoms with Gasteiger partial charge in [0.1, 0.15) is 11.6 Å². The zero-order chi connectivity index (χ0) is 23.4. The first-order chi connectivity index (χ1) is 15.9. The van der Waals surface area contributed by atoms with Crippen LogP contribution in [-0.2, 0) is 27.2 Å². The van der Waals surface area contributed by atoms with Crippen molar-refractivity contribution in [3.8, 4) is 0 Å². The average molecular weight is 450 g/mol. The minimum absolute atomic E-state index is 0.0159. The number of aromatic nitrogens is 2. The molecule has 8 heteroatoms. The summed E-state index contributed by atoms with van der Waals surface area (Å²) in [5, 5.41) is 0. The summed E-state index contributed by atoms with van der Waals surface area (Å²) < 4.78 is 0. The Morgan fingerprint density at radius 1 is 1.15 bits per heavy atom. The zero-order valence-electron chi connectivity index (χ0n) is 19.1. The number of aryl methyl sites for hydroxylation is 2. The van der Waals surface area contributed by atoms with Crippen LogP contribution in [-0.4, -0.2) is 52.2 Å². The van der Waals surface area contributed by atoms with Gasteiger partial charge < -0.3 is 10.6 Å². The van der Waals surface area contributed by atoms with E-state index < -0.39 is 5.91 Å². The fourth-order valence-electron chi connectivity index (χ4n) is 4.70. The van der Waals surface area contributed by atoms with Gasteiger partial charge in [0.05, 0.1) is 6.42 Å². The lowest BCUT2D eigenvalue weighted by Gasteiger charge is -2.32. The number of primary amides is 1. The van der Waals surface area contributed by atoms with Crippen molar-refractivity contribution >= 4 is 23.5 Å². The van der Waals surface area contributed by atoms with Gasteiger partial charge in [0.25, 0.3) is 0 Å². The summed E-state index contributed by atoms with van der Waals surface area (Å²) in [7, 11) is 0. The first-order valence-electron chi connectivity index (χ1n) is 11.7. The molecule has 0 radical (unpaired) electrons. The second kappa shape index (κ2) is 10.1. The molecule has 3 heterocycles. The van der Waals surface area contributed by atoms with Gasteiger partial charge in [0.2, 0.25) is 17.7 Å². The molecule has 0 bridgehead atoms. The minimum Gasteiger partial charge on any atom is -0.370 e. The number of rotatable bonds is 8. The largest absolute Gasteiger partial charge is 0.370 e. The van der Waals surface area contributed by atoms with E-state index in [0.717, 1.165) is 42.8 Å². The molecule has 2 N–H and O–H groups in total. The quantitative estimate of drug-likeness (QED) is 0.665. The fraction of sp³-hybridized carbons (Fsp3) is 0.480. The van der Waals surface area contributed by atoms with E-state index in [4.69, 9.17) is 15.7 Å². The molecule has 1 saturated heterocycles. The number of hydrogen-bond acceptors (Lipinski definition) is 5. The predicted octanol–water partition coefficient (Wildman–Crippen LogP) is 2.28. The maximum atomic E-state index is 12.7. The molecule has 0 spiro atoms. The molecule has 1 aromatic heterocycles. The third-order valence-electron chi connectivity index (χ3n) is 6.51. The number of fused-ring (bicyclic) bond motifs is 1. The Kier molecular flexibility index (Phi) is 7.01. The van der Waals surface area contributed by atoms with Gasteiger partial charge in [0.15, 0.2) is 0 Å². The van der Waals surface area contributed by atoms with Crippen molar-refractivity contribution < 1.29 is 14.4 Å². The topological polar surface area (TPSA) is 109 Å². The van der Waals surface area contributed by atoms with E-state index in [-0.39, 0.29) is 30.6 Å². The van der Waals surface area contributed by atoms with Crippen LogP contribution in [0.4, 0.5) is 5.82 Å². The van der Waals surface area contributed by atoms with E-state index in [1.165, 1.54) is 5.56 Å². The number of likely N-dealkylation sites (tertiary alicyclic amines) is 1. The maximum absolute atomic E-state index is 12.7. The van der Waals surface area contributed by atoms with Gasteiger partial charge in [-0.05, 0) is 38.2 Å². The molecule has 1 aromatic carbocycles. The number of anilines is 1. The van der Waals surface area contributed by atoms with Gasteiger partial charge in [-0.1, -0.05) is 30.3 Å². The first kappa shape index (κ1) is 22.9. The normalized spacial score (nSPS) is 17.8. The van der Waals surface area contributed by atoms with Gasteiger partial charge >= 0.3 is 0 Å². The van der Waals surface area contributed by atoms with Crippen LogP contribution in [0.25, 0.3) is 0 Å². The highest BCUT2D eigenvalue weighted by atomic mass is 16.2. The van der Waals surface area contributed by atoms with Crippen LogP contribution in [0.15, 0.2) is 30.3 Å². The molecular formula is C25H31N5O3. The Balaban J connectivity index is 1.46. The molecule has 0 saturated carbocycles. The number of carbonyl (C=O) groups excluding carboxylic acids is 3. The number of piperidine rings is 1. The van der Waals surface area contributed by atoms with E-state index in [2.05, 4.69) is 12.1 Å². The van der Waals surface area contributed by atoms with Gasteiger partial charge in [-0.2, -0.15) is 0 Å². The Bertz CT molecular complexity index is 1040. The van der Waals surface area contributed by atoms with E-state index in [9.17, 15) is 14.4 Å². The van der Waals surface area contributed by atoms with Crippen molar-refractivity contribution in [1.82, 2.24) is 14.9 Å². The van der Waals surface area contributed by atoms with Crippen molar-refractivity contribution in [3.63, 3.8) is 0 Å². The number of amides is 3. The Morgan fingerprint density at radius 2 is 1.94 bits per heavy atom. The molecule has 1 fully saturated rings. The molecule has 4 rings (SSSR count). The van der Waals surface area contributed by atoms with E-state index >= 15 is 0 Å². The van der Waals surface area contributed by atoms with Crippen LogP contribution in [0.3, 0.4) is 0 Å². The van der Waals surface area contributed by atoms with Crippen LogP contribution in [0.1, 0.15) is 60.7 Å². The SMILES string of the molecule is Cc1nc([C@H]2CCCN(C(=O)CCC(N)=O)C2)nc2c1CC(=O)N2CCCc1ccccc1. The second-order valence-corrected chi connectivity index (χ2v) is 8.93. The Hall–Kier alpha value is -3.29. The van der Waals surface area contributed by atoms with Crippen molar-refractivity contribution in [3.05, 3.63) is 53.0 Å². The van der Waals surface area contributed by atoms with Crippen LogP contribution in [0, 0.1) is 6.92 Å². The van der Waals surface area contributed by atoms with E-state index in [1.807, 2.05) is 25.1 Å². The summed E-state index contributed by atoms with van der Waals surface area (Å²) >= 11 is 0. The molecule has 0 unspecified atom stereocenters. The number of nitrogens with two attached hydrogens (primary N) is 1. The van der Waals surface area contributed by atoms with Crippen molar-refractivity contribution in [2.45, 2.75) is 57.8 Å². The van der Waals surface area contributed by atoms with Crippen LogP contribution in [0.5, 0.6) is 0 Å². The van der Waals surface area contributed by atoms with Crippen molar-refractivity contribution in [1.29, 1.82) is 0 Å². The molecule has 2 aliphatic heterocycles. The van der Waals surface area contributed by atoms with Crippen molar-refractivity contribution in [2.75, 3.05) is 24.5 Å². The van der Waals surface area contributed by atoms with Gasteiger partial charge in [-0.15, -0.1) is 0 Å². The second-order valence-electron chi connectivity index (χ2n) is 8.93. The smallest absolute Gasteiger partial charge is 0.232 e. The van der Waals surface area contributed by atoms with E-state index in [0.29, 0.717) is 31.9 Å². The van der Waals surface area contributed by atoms with Gasteiger partial charge in [-0.3, -0.25) is 19.3 Å². The first-order valence-corrected chi connectivity index (χ1v) is 11.7. The number of nitrogens with zero attached hydrogens (tertiary/aromatic N) is 4. The number of hydrogen-bond donors (Lipinski definition) is 1. The summed E-state index contributed by atoms with van der Waals surface area (Å²) in [6.07, 6.45) is 4.05. The summed E-state index contributed by atoms with van der Waals surface area (Å²) in [5.41, 5.74) is 8.19. The molecule has 1 atom stereocenters. The molecule has 2 aliphatic rings. The standard InChI is InChI=1S/C25H31N5O3/c1-17-20-15-23(33)30(14-5-9-18-7-3-2-4-8-18)25(20)28-24(27-17)19-10-6-13-29(16-19)22(32)12-11-21(26)31/h2-4,7-8,19H,5-6,9-16H2,1H3,(H2,26,31)/t19-/m0/s1. The molecule has 2 aromatic rings. The molecule has 3 amide bonds. The highest BCUT2D eigenvalue weighted by Crippen LogP contribution is 2.33. The Morgan fingerprint density at radius 3 is 2.70 bits per heavy atom. The van der Waals surface area contributed by atoms with Gasteiger partial charge in [-0.25, -0.2) is 9.97 Å². The average Bonchev–Trinajstić information content (AvgIpc) is 3.14. The maximum Gasteiger partial charge on any atom is 0.232 e. The van der Waals surface area contributed by atoms with Crippen molar-refractivity contribution in [2.24, 2.45) is 5.73 Å². The monoisotopic (exact) mass is 449 g/mol. The molecule has 174 valence electrons. The zero-order valence-corrected chi connectivity index (χ0v) is 19.1. The fourth-order valence-corrected chi connectivity index (χ4v) is 4.70. The van der Waals surface area contributed by atoms with E-state index in [1.54, 1.807) is 9.80 Å². The number of benzene rings is 1. The third-order valence-corrected chi connectivity index (χ3v) is 6.51. The lowest BCUT2D eigenvalue weighted by atomic mass is 9.96. The summed E-state index contributed by atoms with van der Waals surface area (Å²) in [6, 6.07) is 10.3. The predicted molar refractivity (Wildman–Crippen MR) is 125 cm³/mol. The van der Waals surface area contributed by atoms with Crippen LogP contribution < -0.4 is 10.6 Å². The summed E-state index contributed by atoms with van der Waals surface area (Å²) in [6.45, 7) is 3.75. The highest BCUT2D eigenvalue weighted by molar-refractivity contribution is 6.00. The number of carbonyl (C=O) groups is 3. The minimum atomic E-state index is -0.466. The third kappa shape index (κ3) is 5.38. The lowest BCUT2D eigenvalue weighted by molar-refractivity contribution is -0.134. The Labute approximate surface area is 194 Å². The summed E-state index contributed by atoms with van der Waals surface area (Å²) in [4.78, 5) is 49.4. The summed E-state index contributed by atoms with van der Waals surface area (Å²) in [5.74, 6) is 0.983. The molecule has 33 heavy (non-hydrogen) atoms. The van der Waals surface area contributed by atoms with Gasteiger partial charge in [0, 0.05) is 49.7 Å². The highest BCUT2D eigenvalue weighted by Gasteiger charge is 2.33. The van der Waals surface area contributed by atoms with Crippen LogP contribution in [0.2, 0.25) is 0 Å². The molecule has 8 nitrogen and oxygen atoms in total.